The molecule has 220 valence electrons. The van der Waals surface area contributed by atoms with Crippen molar-refractivity contribution >= 4 is 13.1 Å². The maximum Gasteiger partial charge on any atom is 0.457 e. The molecule has 2 fully saturated rings. The zero-order valence-electron chi connectivity index (χ0n) is 25.6. The van der Waals surface area contributed by atoms with Crippen LogP contribution in [0.3, 0.4) is 0 Å². The molecule has 0 aromatic heterocycles. The van der Waals surface area contributed by atoms with Gasteiger partial charge in [-0.25, -0.2) is 0 Å². The number of fused-ring (bicyclic) bond motifs is 3. The number of aliphatic carboxylic acids is 1. The average Bonchev–Trinajstić information content (AvgIpc) is 3.31. The normalized spacial score (nSPS) is 25.5. The van der Waals surface area contributed by atoms with E-state index in [4.69, 9.17) is 9.31 Å². The predicted octanol–water partition coefficient (Wildman–Crippen LogP) is 6.36. The van der Waals surface area contributed by atoms with Gasteiger partial charge in [-0.1, -0.05) is 85.3 Å². The van der Waals surface area contributed by atoms with Gasteiger partial charge in [-0.05, 0) is 82.1 Å². The summed E-state index contributed by atoms with van der Waals surface area (Å²) in [6.45, 7) is 12.1. The van der Waals surface area contributed by atoms with E-state index in [1.807, 2.05) is 70.2 Å². The van der Waals surface area contributed by atoms with Crippen molar-refractivity contribution in [2.75, 3.05) is 6.54 Å². The first-order chi connectivity index (χ1) is 19.8. The smallest absolute Gasteiger partial charge is 0.457 e. The molecule has 2 atom stereocenters. The quantitative estimate of drug-likeness (QED) is 0.309. The van der Waals surface area contributed by atoms with Gasteiger partial charge in [-0.15, -0.1) is 0 Å². The highest BCUT2D eigenvalue weighted by atomic mass is 16.7. The van der Waals surface area contributed by atoms with Crippen LogP contribution in [0.15, 0.2) is 78.9 Å². The van der Waals surface area contributed by atoms with Crippen molar-refractivity contribution < 1.29 is 24.3 Å². The minimum absolute atomic E-state index is 0.363. The van der Waals surface area contributed by atoms with Crippen molar-refractivity contribution in [3.8, 4) is 11.1 Å². The van der Waals surface area contributed by atoms with Crippen LogP contribution in [0.4, 0.5) is 0 Å². The van der Waals surface area contributed by atoms with Crippen LogP contribution in [0.5, 0.6) is 0 Å². The van der Waals surface area contributed by atoms with Crippen molar-refractivity contribution in [1.82, 2.24) is 4.90 Å². The van der Waals surface area contributed by atoms with Crippen LogP contribution in [-0.4, -0.2) is 57.6 Å². The Bertz CT molecular complexity index is 1430. The summed E-state index contributed by atoms with van der Waals surface area (Å²) in [6, 6.07) is 26.0. The van der Waals surface area contributed by atoms with Crippen LogP contribution in [0.25, 0.3) is 11.1 Å². The summed E-state index contributed by atoms with van der Waals surface area (Å²) >= 11 is 0. The summed E-state index contributed by atoms with van der Waals surface area (Å²) < 4.78 is 12.5. The molecule has 2 aliphatic heterocycles. The molecule has 2 saturated heterocycles. The fraction of sp³-hybridized carbons (Fsp3) is 0.457. The molecule has 3 aromatic rings. The third-order valence-electron chi connectivity index (χ3n) is 10.7. The lowest BCUT2D eigenvalue weighted by molar-refractivity contribution is -0.222. The molecule has 3 aromatic carbocycles. The highest BCUT2D eigenvalue weighted by Crippen LogP contribution is 2.62. The molecule has 0 saturated carbocycles. The molecule has 1 aliphatic carbocycles. The van der Waals surface area contributed by atoms with Crippen molar-refractivity contribution in [2.45, 2.75) is 89.1 Å². The van der Waals surface area contributed by atoms with E-state index >= 15 is 0 Å². The van der Waals surface area contributed by atoms with Gasteiger partial charge >= 0.3 is 13.1 Å². The summed E-state index contributed by atoms with van der Waals surface area (Å²) in [5.74, 6) is -0.920. The molecule has 0 bridgehead atoms. The van der Waals surface area contributed by atoms with Crippen molar-refractivity contribution in [3.05, 3.63) is 95.6 Å². The fourth-order valence-corrected chi connectivity index (χ4v) is 7.74. The molecule has 0 radical (unpaired) electrons. The SMILES string of the molecule is CC1(C)OB(CCC[C@]2(C(C)(C)O)CN(C3(c4ccccc4)c4ccccc4-c4ccccc43)[C@@H]2C(=O)O)OC1(C)C. The highest BCUT2D eigenvalue weighted by Gasteiger charge is 2.69. The van der Waals surface area contributed by atoms with Crippen molar-refractivity contribution in [1.29, 1.82) is 0 Å². The van der Waals surface area contributed by atoms with E-state index in [9.17, 15) is 15.0 Å². The number of rotatable bonds is 8. The number of carboxylic acid groups (broad SMARTS) is 1. The first-order valence-corrected chi connectivity index (χ1v) is 15.1. The lowest BCUT2D eigenvalue weighted by Gasteiger charge is -2.65. The Morgan fingerprint density at radius 1 is 0.881 bits per heavy atom. The van der Waals surface area contributed by atoms with Crippen LogP contribution >= 0.6 is 0 Å². The van der Waals surface area contributed by atoms with Gasteiger partial charge in [0.25, 0.3) is 0 Å². The van der Waals surface area contributed by atoms with Gasteiger partial charge in [0.1, 0.15) is 6.04 Å². The van der Waals surface area contributed by atoms with Gasteiger partial charge in [-0.3, -0.25) is 9.69 Å². The second kappa shape index (κ2) is 9.78. The molecular formula is C35H42BNO5. The molecule has 0 unspecified atom stereocenters. The standard InChI is InChI=1S/C35H42BNO5/c1-31(2,40)34(21-14-22-36-41-32(3,4)33(5,6)42-36)23-37(29(34)30(38)39)35(24-15-8-7-9-16-24)27-19-12-10-17-25(27)26-18-11-13-20-28(26)35/h7-13,15-20,29,40H,14,21-23H2,1-6H3,(H,38,39)/t29-,34+/m1/s1. The van der Waals surface area contributed by atoms with E-state index in [-0.39, 0.29) is 7.12 Å². The second-order valence-corrected chi connectivity index (χ2v) is 13.8. The summed E-state index contributed by atoms with van der Waals surface area (Å²) in [5.41, 5.74) is 1.63. The summed E-state index contributed by atoms with van der Waals surface area (Å²) in [6.07, 6.45) is 1.83. The van der Waals surface area contributed by atoms with E-state index < -0.39 is 39.8 Å². The maximum atomic E-state index is 13.4. The predicted molar refractivity (Wildman–Crippen MR) is 165 cm³/mol. The summed E-state index contributed by atoms with van der Waals surface area (Å²) in [4.78, 5) is 15.5. The van der Waals surface area contributed by atoms with E-state index in [0.29, 0.717) is 25.7 Å². The molecule has 3 aliphatic rings. The van der Waals surface area contributed by atoms with Crippen LogP contribution < -0.4 is 0 Å². The van der Waals surface area contributed by atoms with Gasteiger partial charge in [0.15, 0.2) is 0 Å². The lowest BCUT2D eigenvalue weighted by atomic mass is 9.56. The zero-order valence-corrected chi connectivity index (χ0v) is 25.6. The lowest BCUT2D eigenvalue weighted by Crippen LogP contribution is -2.78. The molecule has 0 amide bonds. The number of nitrogens with zero attached hydrogens (tertiary/aromatic N) is 1. The molecule has 7 heteroatoms. The van der Waals surface area contributed by atoms with Crippen molar-refractivity contribution in [2.24, 2.45) is 5.41 Å². The number of aliphatic hydroxyl groups is 1. The van der Waals surface area contributed by atoms with Crippen LogP contribution in [-0.2, 0) is 19.6 Å². The molecule has 6 nitrogen and oxygen atoms in total. The molecule has 42 heavy (non-hydrogen) atoms. The number of hydrogen-bond acceptors (Lipinski definition) is 5. The van der Waals surface area contributed by atoms with E-state index in [1.54, 1.807) is 13.8 Å². The Kier molecular flexibility index (Phi) is 6.78. The van der Waals surface area contributed by atoms with E-state index in [1.165, 1.54) is 0 Å². The van der Waals surface area contributed by atoms with Gasteiger partial charge in [0.2, 0.25) is 0 Å². The van der Waals surface area contributed by atoms with Crippen LogP contribution in [0, 0.1) is 5.41 Å². The third kappa shape index (κ3) is 4.05. The zero-order chi connectivity index (χ0) is 30.1. The number of likely N-dealkylation sites (tertiary alicyclic amines) is 1. The number of benzene rings is 3. The van der Waals surface area contributed by atoms with Crippen molar-refractivity contribution in [3.63, 3.8) is 0 Å². The number of carboxylic acids is 1. The average molecular weight is 568 g/mol. The van der Waals surface area contributed by atoms with Gasteiger partial charge in [0.05, 0.1) is 22.3 Å². The summed E-state index contributed by atoms with van der Waals surface area (Å²) in [5, 5.41) is 22.7. The van der Waals surface area contributed by atoms with Gasteiger partial charge in [-0.2, -0.15) is 0 Å². The molecule has 2 N–H and O–H groups in total. The van der Waals surface area contributed by atoms with Crippen LogP contribution in [0.1, 0.15) is 71.1 Å². The van der Waals surface area contributed by atoms with Crippen LogP contribution in [0.2, 0.25) is 6.32 Å². The Morgan fingerprint density at radius 3 is 1.88 bits per heavy atom. The molecule has 0 spiro atoms. The topological polar surface area (TPSA) is 79.2 Å². The Labute approximate surface area is 249 Å². The van der Waals surface area contributed by atoms with E-state index in [0.717, 1.165) is 27.8 Å². The number of hydrogen-bond donors (Lipinski definition) is 2. The minimum atomic E-state index is -1.24. The van der Waals surface area contributed by atoms with E-state index in [2.05, 4.69) is 41.3 Å². The Morgan fingerprint density at radius 2 is 1.38 bits per heavy atom. The monoisotopic (exact) mass is 567 g/mol. The number of carbonyl (C=O) groups is 1. The molecule has 2 heterocycles. The summed E-state index contributed by atoms with van der Waals surface area (Å²) in [7, 11) is -0.363. The largest absolute Gasteiger partial charge is 0.480 e. The maximum absolute atomic E-state index is 13.4. The highest BCUT2D eigenvalue weighted by molar-refractivity contribution is 6.45. The third-order valence-corrected chi connectivity index (χ3v) is 10.7. The first-order valence-electron chi connectivity index (χ1n) is 15.1. The molecular weight excluding hydrogens is 525 g/mol. The Hall–Kier alpha value is -2.97. The van der Waals surface area contributed by atoms with Gasteiger partial charge in [0, 0.05) is 12.0 Å². The first kappa shape index (κ1) is 29.1. The Balaban J connectivity index is 1.42. The molecule has 6 rings (SSSR count). The minimum Gasteiger partial charge on any atom is -0.480 e. The van der Waals surface area contributed by atoms with Gasteiger partial charge < -0.3 is 19.5 Å². The fourth-order valence-electron chi connectivity index (χ4n) is 7.74. The second-order valence-electron chi connectivity index (χ2n) is 13.8.